The fraction of sp³-hybridized carbons (Fsp3) is 0.571. The topological polar surface area (TPSA) is 35.2 Å². The predicted octanol–water partition coefficient (Wildman–Crippen LogP) is 3.54. The van der Waals surface area contributed by atoms with Gasteiger partial charge in [0.05, 0.1) is 6.61 Å². The van der Waals surface area contributed by atoms with E-state index < -0.39 is 0 Å². The molecule has 0 aromatic heterocycles. The first-order valence-electron chi connectivity index (χ1n) is 6.21. The van der Waals surface area contributed by atoms with Crippen LogP contribution < -0.4 is 10.5 Å². The molecule has 0 bridgehead atoms. The summed E-state index contributed by atoms with van der Waals surface area (Å²) in [5.41, 5.74) is 8.18. The highest BCUT2D eigenvalue weighted by molar-refractivity contribution is 7.99. The molecule has 0 aliphatic heterocycles. The summed E-state index contributed by atoms with van der Waals surface area (Å²) in [4.78, 5) is 0. The standard InChI is InChI=1S/C14H23NOS/c1-4-17-9-5-8-16-14-7-6-13(12(3)15)10-11(14)2/h6-7,10,12H,4-5,8-9,15H2,1-3H3/t12-/m0/s1. The number of nitrogens with two attached hydrogens (primary N) is 1. The van der Waals surface area contributed by atoms with E-state index in [1.54, 1.807) is 0 Å². The van der Waals surface area contributed by atoms with Crippen LogP contribution in [0.5, 0.6) is 5.75 Å². The maximum Gasteiger partial charge on any atom is 0.122 e. The molecule has 3 heteroatoms. The van der Waals surface area contributed by atoms with Gasteiger partial charge in [-0.1, -0.05) is 19.1 Å². The van der Waals surface area contributed by atoms with Gasteiger partial charge in [-0.2, -0.15) is 11.8 Å². The second-order valence-corrected chi connectivity index (χ2v) is 5.61. The predicted molar refractivity (Wildman–Crippen MR) is 76.9 cm³/mol. The molecule has 96 valence electrons. The molecule has 1 atom stereocenters. The van der Waals surface area contributed by atoms with Crippen LogP contribution in [0.1, 0.15) is 37.4 Å². The number of thioether (sulfide) groups is 1. The van der Waals surface area contributed by atoms with E-state index in [0.717, 1.165) is 24.3 Å². The van der Waals surface area contributed by atoms with Gasteiger partial charge in [0, 0.05) is 6.04 Å². The smallest absolute Gasteiger partial charge is 0.122 e. The molecular formula is C14H23NOS. The van der Waals surface area contributed by atoms with Crippen molar-refractivity contribution in [2.45, 2.75) is 33.2 Å². The van der Waals surface area contributed by atoms with E-state index >= 15 is 0 Å². The Bertz CT molecular complexity index is 339. The van der Waals surface area contributed by atoms with E-state index in [9.17, 15) is 0 Å². The molecule has 1 aromatic rings. The Hall–Kier alpha value is -0.670. The number of aryl methyl sites for hydroxylation is 1. The molecular weight excluding hydrogens is 230 g/mol. The monoisotopic (exact) mass is 253 g/mol. The fourth-order valence-electron chi connectivity index (χ4n) is 1.61. The van der Waals surface area contributed by atoms with Crippen LogP contribution in [0.2, 0.25) is 0 Å². The first-order chi connectivity index (χ1) is 8.15. The Morgan fingerprint density at radius 1 is 1.41 bits per heavy atom. The van der Waals surface area contributed by atoms with E-state index in [4.69, 9.17) is 10.5 Å². The molecule has 17 heavy (non-hydrogen) atoms. The van der Waals surface area contributed by atoms with Crippen LogP contribution in [0.15, 0.2) is 18.2 Å². The van der Waals surface area contributed by atoms with Gasteiger partial charge in [-0.15, -0.1) is 0 Å². The second-order valence-electron chi connectivity index (χ2n) is 4.21. The largest absolute Gasteiger partial charge is 0.493 e. The fourth-order valence-corrected chi connectivity index (χ4v) is 2.22. The van der Waals surface area contributed by atoms with E-state index in [2.05, 4.69) is 19.9 Å². The number of ether oxygens (including phenoxy) is 1. The number of rotatable bonds is 7. The van der Waals surface area contributed by atoms with Crippen molar-refractivity contribution in [3.05, 3.63) is 29.3 Å². The van der Waals surface area contributed by atoms with Gasteiger partial charge in [0.15, 0.2) is 0 Å². The lowest BCUT2D eigenvalue weighted by atomic mass is 10.1. The summed E-state index contributed by atoms with van der Waals surface area (Å²) in [5, 5.41) is 0. The van der Waals surface area contributed by atoms with Crippen LogP contribution in [0.4, 0.5) is 0 Å². The lowest BCUT2D eigenvalue weighted by Crippen LogP contribution is -2.06. The Morgan fingerprint density at radius 2 is 2.18 bits per heavy atom. The summed E-state index contributed by atoms with van der Waals surface area (Å²) in [5.74, 6) is 3.34. The molecule has 1 aromatic carbocycles. The average molecular weight is 253 g/mol. The molecule has 2 N–H and O–H groups in total. The zero-order valence-electron chi connectivity index (χ0n) is 11.0. The lowest BCUT2D eigenvalue weighted by Gasteiger charge is -2.12. The van der Waals surface area contributed by atoms with Crippen molar-refractivity contribution in [2.75, 3.05) is 18.1 Å². The number of hydrogen-bond acceptors (Lipinski definition) is 3. The van der Waals surface area contributed by atoms with Crippen molar-refractivity contribution in [1.29, 1.82) is 0 Å². The minimum Gasteiger partial charge on any atom is -0.493 e. The van der Waals surface area contributed by atoms with E-state index in [1.165, 1.54) is 17.1 Å². The van der Waals surface area contributed by atoms with Crippen LogP contribution in [-0.2, 0) is 0 Å². The minimum atomic E-state index is 0.0868. The van der Waals surface area contributed by atoms with Gasteiger partial charge in [0.25, 0.3) is 0 Å². The SMILES string of the molecule is CCSCCCOc1ccc([C@H](C)N)cc1C. The molecule has 2 nitrogen and oxygen atoms in total. The van der Waals surface area contributed by atoms with Crippen LogP contribution >= 0.6 is 11.8 Å². The maximum atomic E-state index is 5.84. The van der Waals surface area contributed by atoms with Gasteiger partial charge in [-0.3, -0.25) is 0 Å². The normalized spacial score (nSPS) is 12.5. The van der Waals surface area contributed by atoms with Gasteiger partial charge in [-0.05, 0) is 49.0 Å². The van der Waals surface area contributed by atoms with E-state index in [-0.39, 0.29) is 6.04 Å². The van der Waals surface area contributed by atoms with Crippen molar-refractivity contribution in [3.63, 3.8) is 0 Å². The third-order valence-corrected chi connectivity index (χ3v) is 3.61. The highest BCUT2D eigenvalue weighted by Gasteiger charge is 2.04. The lowest BCUT2D eigenvalue weighted by molar-refractivity contribution is 0.316. The average Bonchev–Trinajstić information content (AvgIpc) is 2.30. The van der Waals surface area contributed by atoms with Crippen LogP contribution in [0.25, 0.3) is 0 Å². The van der Waals surface area contributed by atoms with Gasteiger partial charge in [-0.25, -0.2) is 0 Å². The summed E-state index contributed by atoms with van der Waals surface area (Å²) < 4.78 is 5.76. The summed E-state index contributed by atoms with van der Waals surface area (Å²) in [6.07, 6.45) is 1.10. The molecule has 1 rings (SSSR count). The minimum absolute atomic E-state index is 0.0868. The summed E-state index contributed by atoms with van der Waals surface area (Å²) in [7, 11) is 0. The van der Waals surface area contributed by atoms with Crippen LogP contribution in [-0.4, -0.2) is 18.1 Å². The second kappa shape index (κ2) is 7.62. The summed E-state index contributed by atoms with van der Waals surface area (Å²) >= 11 is 1.96. The molecule has 0 fully saturated rings. The Morgan fingerprint density at radius 3 is 2.76 bits per heavy atom. The molecule has 0 heterocycles. The summed E-state index contributed by atoms with van der Waals surface area (Å²) in [6.45, 7) is 7.05. The van der Waals surface area contributed by atoms with Gasteiger partial charge >= 0.3 is 0 Å². The first-order valence-corrected chi connectivity index (χ1v) is 7.37. The Balaban J connectivity index is 2.43. The third kappa shape index (κ3) is 5.00. The quantitative estimate of drug-likeness (QED) is 0.755. The first kappa shape index (κ1) is 14.4. The summed E-state index contributed by atoms with van der Waals surface area (Å²) in [6, 6.07) is 6.28. The Kier molecular flexibility index (Phi) is 6.45. The van der Waals surface area contributed by atoms with Crippen molar-refractivity contribution in [2.24, 2.45) is 5.73 Å². The molecule has 0 unspecified atom stereocenters. The molecule has 0 aliphatic carbocycles. The van der Waals surface area contributed by atoms with Crippen molar-refractivity contribution in [3.8, 4) is 5.75 Å². The van der Waals surface area contributed by atoms with Crippen LogP contribution in [0.3, 0.4) is 0 Å². The molecule has 0 radical (unpaired) electrons. The van der Waals surface area contributed by atoms with Gasteiger partial charge < -0.3 is 10.5 Å². The van der Waals surface area contributed by atoms with Crippen molar-refractivity contribution >= 4 is 11.8 Å². The van der Waals surface area contributed by atoms with Crippen molar-refractivity contribution in [1.82, 2.24) is 0 Å². The zero-order chi connectivity index (χ0) is 12.7. The van der Waals surface area contributed by atoms with Gasteiger partial charge in [0.2, 0.25) is 0 Å². The van der Waals surface area contributed by atoms with E-state index in [1.807, 2.05) is 30.8 Å². The molecule has 0 amide bonds. The number of benzene rings is 1. The van der Waals surface area contributed by atoms with Crippen molar-refractivity contribution < 1.29 is 4.74 Å². The highest BCUT2D eigenvalue weighted by Crippen LogP contribution is 2.22. The van der Waals surface area contributed by atoms with Crippen LogP contribution in [0, 0.1) is 6.92 Å². The number of hydrogen-bond donors (Lipinski definition) is 1. The Labute approximate surface area is 109 Å². The third-order valence-electron chi connectivity index (χ3n) is 2.62. The molecule has 0 saturated carbocycles. The van der Waals surface area contributed by atoms with Gasteiger partial charge in [0.1, 0.15) is 5.75 Å². The zero-order valence-corrected chi connectivity index (χ0v) is 11.8. The molecule has 0 saturated heterocycles. The molecule has 0 spiro atoms. The molecule has 0 aliphatic rings. The maximum absolute atomic E-state index is 5.84. The van der Waals surface area contributed by atoms with E-state index in [0.29, 0.717) is 0 Å². The highest BCUT2D eigenvalue weighted by atomic mass is 32.2.